The molecule has 8 heteroatoms. The Morgan fingerprint density at radius 3 is 1.89 bits per heavy atom. The quantitative estimate of drug-likeness (QED) is 0.303. The maximum absolute atomic E-state index is 11.5. The van der Waals surface area contributed by atoms with Crippen molar-refractivity contribution >= 4 is 17.5 Å². The Bertz CT molecular complexity index is 330. The van der Waals surface area contributed by atoms with Crippen LogP contribution in [0, 0.1) is 0 Å². The molecule has 0 radical (unpaired) electrons. The van der Waals surface area contributed by atoms with Gasteiger partial charge in [-0.25, -0.2) is 0 Å². The van der Waals surface area contributed by atoms with E-state index in [1.165, 1.54) is 0 Å². The molecule has 0 spiro atoms. The number of Topliss-reactive ketones (excluding diaryl/α,β-unsaturated/α-hetero) is 2. The van der Waals surface area contributed by atoms with Gasteiger partial charge in [0.05, 0.1) is 6.61 Å². The van der Waals surface area contributed by atoms with Crippen LogP contribution < -0.4 is 5.32 Å². The minimum absolute atomic E-state index is 0.695. The Morgan fingerprint density at radius 1 is 1.06 bits per heavy atom. The fourth-order valence-electron chi connectivity index (χ4n) is 1.28. The Labute approximate surface area is 103 Å². The lowest BCUT2D eigenvalue weighted by molar-refractivity contribution is -0.144. The zero-order valence-electron chi connectivity index (χ0n) is 10.0. The maximum Gasteiger partial charge on any atom is 0.223 e. The van der Waals surface area contributed by atoms with Crippen molar-refractivity contribution in [3.8, 4) is 0 Å². The second kappa shape index (κ2) is 7.17. The molecule has 0 bridgehead atoms. The number of amides is 1. The molecule has 0 aromatic rings. The molecule has 4 atom stereocenters. The molecule has 0 fully saturated rings. The highest BCUT2D eigenvalue weighted by molar-refractivity contribution is 6.38. The smallest absolute Gasteiger partial charge is 0.223 e. The summed E-state index contributed by atoms with van der Waals surface area (Å²) in [5, 5.41) is 38.8. The van der Waals surface area contributed by atoms with Crippen LogP contribution in [-0.4, -0.2) is 68.9 Å². The van der Waals surface area contributed by atoms with Crippen molar-refractivity contribution in [2.45, 2.75) is 38.2 Å². The molecular weight excluding hydrogens is 246 g/mol. The molecule has 0 aliphatic rings. The first-order chi connectivity index (χ1) is 8.22. The van der Waals surface area contributed by atoms with Crippen molar-refractivity contribution in [1.29, 1.82) is 0 Å². The normalized spacial score (nSPS) is 17.4. The minimum Gasteiger partial charge on any atom is -0.394 e. The summed E-state index contributed by atoms with van der Waals surface area (Å²) in [5.41, 5.74) is 0. The number of rotatable bonds is 7. The number of aliphatic hydroxyl groups excluding tert-OH is 4. The fraction of sp³-hybridized carbons (Fsp3) is 0.700. The average Bonchev–Trinajstić information content (AvgIpc) is 2.31. The zero-order valence-corrected chi connectivity index (χ0v) is 10.0. The van der Waals surface area contributed by atoms with Gasteiger partial charge in [-0.3, -0.25) is 14.4 Å². The molecule has 0 aromatic heterocycles. The first-order valence-corrected chi connectivity index (χ1v) is 5.19. The summed E-state index contributed by atoms with van der Waals surface area (Å²) in [7, 11) is 0. The van der Waals surface area contributed by atoms with Crippen molar-refractivity contribution in [3.63, 3.8) is 0 Å². The molecule has 0 aliphatic heterocycles. The highest BCUT2D eigenvalue weighted by atomic mass is 16.4. The fourth-order valence-corrected chi connectivity index (χ4v) is 1.28. The van der Waals surface area contributed by atoms with E-state index >= 15 is 0 Å². The molecule has 0 saturated carbocycles. The summed E-state index contributed by atoms with van der Waals surface area (Å²) in [4.78, 5) is 33.3. The standard InChI is InChI=1S/C10H17NO7/c1-4(13)8(16)7(11-5(2)14)10(18)9(17)6(15)3-12/h6-7,9-10,12,15,17-18H,3H2,1-2H3,(H,11,14)/t6?,7-,9+,10+/m0/s1. The molecule has 0 rings (SSSR count). The molecule has 1 unspecified atom stereocenters. The van der Waals surface area contributed by atoms with Crippen LogP contribution in [0.2, 0.25) is 0 Å². The van der Waals surface area contributed by atoms with Crippen molar-refractivity contribution in [3.05, 3.63) is 0 Å². The van der Waals surface area contributed by atoms with Gasteiger partial charge in [-0.1, -0.05) is 0 Å². The molecule has 0 saturated heterocycles. The number of hydrogen-bond donors (Lipinski definition) is 5. The van der Waals surface area contributed by atoms with Crippen molar-refractivity contribution in [2.24, 2.45) is 0 Å². The molecule has 0 heterocycles. The molecule has 0 aliphatic carbocycles. The molecule has 1 amide bonds. The van der Waals surface area contributed by atoms with Crippen molar-refractivity contribution < 1.29 is 34.8 Å². The van der Waals surface area contributed by atoms with Crippen molar-refractivity contribution in [1.82, 2.24) is 5.32 Å². The number of aliphatic hydroxyl groups is 4. The number of carbonyl (C=O) groups excluding carboxylic acids is 3. The number of hydrogen-bond acceptors (Lipinski definition) is 7. The van der Waals surface area contributed by atoms with Gasteiger partial charge in [0, 0.05) is 13.8 Å². The van der Waals surface area contributed by atoms with Gasteiger partial charge in [0.2, 0.25) is 11.7 Å². The van der Waals surface area contributed by atoms with E-state index in [2.05, 4.69) is 0 Å². The Morgan fingerprint density at radius 2 is 1.56 bits per heavy atom. The van der Waals surface area contributed by atoms with Crippen molar-refractivity contribution in [2.75, 3.05) is 6.61 Å². The average molecular weight is 263 g/mol. The van der Waals surface area contributed by atoms with E-state index in [0.717, 1.165) is 13.8 Å². The Balaban J connectivity index is 5.01. The van der Waals surface area contributed by atoms with Gasteiger partial charge in [-0.05, 0) is 0 Å². The van der Waals surface area contributed by atoms with Gasteiger partial charge >= 0.3 is 0 Å². The van der Waals surface area contributed by atoms with Crippen LogP contribution in [0.25, 0.3) is 0 Å². The predicted octanol–water partition coefficient (Wildman–Crippen LogP) is -3.28. The summed E-state index contributed by atoms with van der Waals surface area (Å²) in [6, 6.07) is -1.67. The van der Waals surface area contributed by atoms with Crippen LogP contribution in [0.15, 0.2) is 0 Å². The third-order valence-electron chi connectivity index (χ3n) is 2.26. The van der Waals surface area contributed by atoms with Crippen LogP contribution in [0.4, 0.5) is 0 Å². The lowest BCUT2D eigenvalue weighted by Gasteiger charge is -2.27. The maximum atomic E-state index is 11.5. The number of ketones is 2. The summed E-state index contributed by atoms with van der Waals surface area (Å²) in [6.45, 7) is 1.15. The first kappa shape index (κ1) is 16.6. The van der Waals surface area contributed by atoms with Crippen LogP contribution >= 0.6 is 0 Å². The summed E-state index contributed by atoms with van der Waals surface area (Å²) in [6.07, 6.45) is -5.49. The van der Waals surface area contributed by atoms with E-state index in [0.29, 0.717) is 0 Å². The van der Waals surface area contributed by atoms with Gasteiger partial charge in [0.25, 0.3) is 0 Å². The zero-order chi connectivity index (χ0) is 14.5. The van der Waals surface area contributed by atoms with Crippen LogP contribution in [0.3, 0.4) is 0 Å². The molecule has 8 nitrogen and oxygen atoms in total. The van der Waals surface area contributed by atoms with Gasteiger partial charge in [0.1, 0.15) is 24.4 Å². The molecule has 18 heavy (non-hydrogen) atoms. The third-order valence-corrected chi connectivity index (χ3v) is 2.26. The third kappa shape index (κ3) is 4.49. The molecule has 104 valence electrons. The van der Waals surface area contributed by atoms with Gasteiger partial charge < -0.3 is 25.7 Å². The summed E-state index contributed by atoms with van der Waals surface area (Å²) < 4.78 is 0. The molecule has 5 N–H and O–H groups in total. The van der Waals surface area contributed by atoms with Gasteiger partial charge in [-0.15, -0.1) is 0 Å². The highest BCUT2D eigenvalue weighted by Crippen LogP contribution is 2.07. The lowest BCUT2D eigenvalue weighted by Crippen LogP contribution is -2.57. The second-order valence-corrected chi connectivity index (χ2v) is 3.83. The van der Waals surface area contributed by atoms with E-state index < -0.39 is 48.4 Å². The number of carbonyl (C=O) groups is 3. The van der Waals surface area contributed by atoms with E-state index in [1.54, 1.807) is 0 Å². The summed E-state index contributed by atoms with van der Waals surface area (Å²) in [5.74, 6) is -2.72. The van der Waals surface area contributed by atoms with E-state index in [-0.39, 0.29) is 0 Å². The van der Waals surface area contributed by atoms with E-state index in [1.807, 2.05) is 5.32 Å². The number of nitrogens with one attached hydrogen (secondary N) is 1. The van der Waals surface area contributed by atoms with Gasteiger partial charge in [-0.2, -0.15) is 0 Å². The topological polar surface area (TPSA) is 144 Å². The lowest BCUT2D eigenvalue weighted by atomic mass is 9.96. The van der Waals surface area contributed by atoms with E-state index in [9.17, 15) is 24.6 Å². The Kier molecular flexibility index (Phi) is 6.63. The molecule has 0 aromatic carbocycles. The highest BCUT2D eigenvalue weighted by Gasteiger charge is 2.37. The Hall–Kier alpha value is -1.35. The SMILES string of the molecule is CC(=O)N[C@@H](C(=O)C(C)=O)[C@@H](O)[C@H](O)C(O)CO. The van der Waals surface area contributed by atoms with Crippen LogP contribution in [0.5, 0.6) is 0 Å². The predicted molar refractivity (Wildman–Crippen MR) is 58.4 cm³/mol. The second-order valence-electron chi connectivity index (χ2n) is 3.83. The van der Waals surface area contributed by atoms with Crippen LogP contribution in [-0.2, 0) is 14.4 Å². The molecular formula is C10H17NO7. The van der Waals surface area contributed by atoms with E-state index in [4.69, 9.17) is 10.2 Å². The minimum atomic E-state index is -1.91. The van der Waals surface area contributed by atoms with Gasteiger partial charge in [0.15, 0.2) is 5.78 Å². The first-order valence-electron chi connectivity index (χ1n) is 5.19. The summed E-state index contributed by atoms with van der Waals surface area (Å²) >= 11 is 0. The van der Waals surface area contributed by atoms with Crippen LogP contribution in [0.1, 0.15) is 13.8 Å². The largest absolute Gasteiger partial charge is 0.394 e. The monoisotopic (exact) mass is 263 g/mol.